The van der Waals surface area contributed by atoms with Gasteiger partial charge in [0.1, 0.15) is 0 Å². The van der Waals surface area contributed by atoms with Crippen molar-refractivity contribution >= 4 is 46.0 Å². The number of hydrogen-bond donors (Lipinski definition) is 2. The summed E-state index contributed by atoms with van der Waals surface area (Å²) in [4.78, 5) is 13.5. The van der Waals surface area contributed by atoms with E-state index in [1.54, 1.807) is 11.8 Å². The van der Waals surface area contributed by atoms with Crippen LogP contribution in [0, 0.1) is 11.8 Å². The fourth-order valence-electron chi connectivity index (χ4n) is 4.10. The molecule has 2 unspecified atom stereocenters. The summed E-state index contributed by atoms with van der Waals surface area (Å²) < 4.78 is 1.10. The number of rotatable bonds is 5. The molecule has 2 saturated carbocycles. The van der Waals surface area contributed by atoms with Gasteiger partial charge in [-0.25, -0.2) is 0 Å². The number of halogens is 2. The molecule has 1 aromatic rings. The topological polar surface area (TPSA) is 55.1 Å². The Balaban J connectivity index is 0.00000208. The Hall–Kier alpha value is -0.230. The van der Waals surface area contributed by atoms with E-state index in [4.69, 9.17) is 5.73 Å². The van der Waals surface area contributed by atoms with Crippen molar-refractivity contribution in [1.29, 1.82) is 0 Å². The first-order valence-electron chi connectivity index (χ1n) is 8.55. The summed E-state index contributed by atoms with van der Waals surface area (Å²) in [5, 5.41) is 3.32. The van der Waals surface area contributed by atoms with Gasteiger partial charge in [-0.3, -0.25) is 4.79 Å². The molecule has 24 heavy (non-hydrogen) atoms. The van der Waals surface area contributed by atoms with Crippen LogP contribution >= 0.6 is 40.1 Å². The minimum absolute atomic E-state index is 0. The highest BCUT2D eigenvalue weighted by atomic mass is 79.9. The lowest BCUT2D eigenvalue weighted by molar-refractivity contribution is -0.123. The maximum absolute atomic E-state index is 12.3. The van der Waals surface area contributed by atoms with Crippen LogP contribution in [0.25, 0.3) is 0 Å². The lowest BCUT2D eigenvalue weighted by Crippen LogP contribution is -2.53. The molecular weight excluding hydrogens is 408 g/mol. The normalized spacial score (nSPS) is 28.8. The lowest BCUT2D eigenvalue weighted by Gasteiger charge is -2.45. The molecule has 3 N–H and O–H groups in total. The number of hydrogen-bond acceptors (Lipinski definition) is 3. The number of benzene rings is 1. The zero-order valence-electron chi connectivity index (χ0n) is 13.7. The molecule has 1 aromatic carbocycles. The predicted octanol–water partition coefficient (Wildman–Crippen LogP) is 4.38. The summed E-state index contributed by atoms with van der Waals surface area (Å²) in [7, 11) is 0. The molecule has 2 aliphatic carbocycles. The van der Waals surface area contributed by atoms with Gasteiger partial charge >= 0.3 is 0 Å². The van der Waals surface area contributed by atoms with Crippen molar-refractivity contribution in [2.24, 2.45) is 17.6 Å². The van der Waals surface area contributed by atoms with E-state index in [-0.39, 0.29) is 18.3 Å². The molecular formula is C18H26BrClN2OS. The Bertz CT molecular complexity index is 546. The van der Waals surface area contributed by atoms with Gasteiger partial charge in [0.15, 0.2) is 0 Å². The Morgan fingerprint density at radius 1 is 1.25 bits per heavy atom. The van der Waals surface area contributed by atoms with Gasteiger partial charge in [0.05, 0.1) is 0 Å². The third kappa shape index (κ3) is 5.13. The van der Waals surface area contributed by atoms with Gasteiger partial charge in [0.2, 0.25) is 5.91 Å². The van der Waals surface area contributed by atoms with Crippen LogP contribution in [0.1, 0.15) is 38.5 Å². The zero-order chi connectivity index (χ0) is 16.2. The third-order valence-corrected chi connectivity index (χ3v) is 7.16. The average Bonchev–Trinajstić information content (AvgIpc) is 2.50. The van der Waals surface area contributed by atoms with Gasteiger partial charge in [-0.15, -0.1) is 24.2 Å². The van der Waals surface area contributed by atoms with Gasteiger partial charge in [0, 0.05) is 33.6 Å². The van der Waals surface area contributed by atoms with Gasteiger partial charge in [0.25, 0.3) is 0 Å². The van der Waals surface area contributed by atoms with E-state index in [9.17, 15) is 4.79 Å². The van der Waals surface area contributed by atoms with Crippen LogP contribution in [-0.2, 0) is 4.79 Å². The van der Waals surface area contributed by atoms with E-state index < -0.39 is 0 Å². The van der Waals surface area contributed by atoms with Crippen LogP contribution in [0.5, 0.6) is 0 Å². The molecule has 2 atom stereocenters. The highest BCUT2D eigenvalue weighted by molar-refractivity contribution is 9.10. The summed E-state index contributed by atoms with van der Waals surface area (Å²) in [6.07, 6.45) is 6.47. The van der Waals surface area contributed by atoms with Crippen LogP contribution in [0.15, 0.2) is 33.6 Å². The van der Waals surface area contributed by atoms with Gasteiger partial charge in [-0.2, -0.15) is 0 Å². The number of thioether (sulfide) groups is 1. The molecule has 0 spiro atoms. The summed E-state index contributed by atoms with van der Waals surface area (Å²) >= 11 is 5.28. The van der Waals surface area contributed by atoms with Crippen LogP contribution in [0.2, 0.25) is 0 Å². The maximum atomic E-state index is 12.3. The summed E-state index contributed by atoms with van der Waals surface area (Å²) in [6, 6.07) is 8.86. The number of amides is 1. The maximum Gasteiger partial charge on any atom is 0.221 e. The first-order valence-corrected chi connectivity index (χ1v) is 10.3. The third-order valence-electron chi connectivity index (χ3n) is 5.13. The standard InChI is InChI=1S/C18H25BrN2OS.ClH/c19-15-6-1-2-7-16(15)23-9-8-17(22)21-18-12-4-3-5-13(18)11-14(20)10-12;/h1-2,6-7,12-14,18H,3-5,8-11,20H2,(H,21,22);1H. The summed E-state index contributed by atoms with van der Waals surface area (Å²) in [5.74, 6) is 2.20. The Morgan fingerprint density at radius 3 is 2.58 bits per heavy atom. The van der Waals surface area contributed by atoms with Crippen molar-refractivity contribution in [3.8, 4) is 0 Å². The second-order valence-electron chi connectivity index (χ2n) is 6.80. The molecule has 2 aliphatic rings. The number of fused-ring (bicyclic) bond motifs is 2. The predicted molar refractivity (Wildman–Crippen MR) is 107 cm³/mol. The largest absolute Gasteiger partial charge is 0.353 e. The van der Waals surface area contributed by atoms with E-state index in [2.05, 4.69) is 27.3 Å². The van der Waals surface area contributed by atoms with Crippen LogP contribution in [0.4, 0.5) is 0 Å². The fraction of sp³-hybridized carbons (Fsp3) is 0.611. The molecule has 0 aromatic heterocycles. The second kappa shape index (κ2) is 9.46. The Morgan fingerprint density at radius 2 is 1.92 bits per heavy atom. The van der Waals surface area contributed by atoms with E-state index in [1.165, 1.54) is 24.2 Å². The fourth-order valence-corrected chi connectivity index (χ4v) is 5.61. The van der Waals surface area contributed by atoms with Crippen molar-refractivity contribution in [2.45, 2.75) is 55.5 Å². The Labute approximate surface area is 163 Å². The van der Waals surface area contributed by atoms with Crippen LogP contribution in [-0.4, -0.2) is 23.7 Å². The lowest BCUT2D eigenvalue weighted by atomic mass is 9.67. The van der Waals surface area contributed by atoms with Crippen molar-refractivity contribution < 1.29 is 4.79 Å². The Kier molecular flexibility index (Phi) is 7.92. The molecule has 3 rings (SSSR count). The number of carbonyl (C=O) groups is 1. The molecule has 2 fully saturated rings. The van der Waals surface area contributed by atoms with Gasteiger partial charge < -0.3 is 11.1 Å². The van der Waals surface area contributed by atoms with Crippen molar-refractivity contribution in [1.82, 2.24) is 5.32 Å². The smallest absolute Gasteiger partial charge is 0.221 e. The minimum Gasteiger partial charge on any atom is -0.353 e. The second-order valence-corrected chi connectivity index (χ2v) is 8.80. The number of carbonyl (C=O) groups excluding carboxylic acids is 1. The van der Waals surface area contributed by atoms with Gasteiger partial charge in [-0.05, 0) is 65.6 Å². The van der Waals surface area contributed by atoms with Crippen LogP contribution < -0.4 is 11.1 Å². The summed E-state index contributed by atoms with van der Waals surface area (Å²) in [5.41, 5.74) is 6.16. The van der Waals surface area contributed by atoms with Crippen molar-refractivity contribution in [3.63, 3.8) is 0 Å². The minimum atomic E-state index is 0. The molecule has 1 amide bonds. The van der Waals surface area contributed by atoms with Crippen molar-refractivity contribution in [2.75, 3.05) is 5.75 Å². The van der Waals surface area contributed by atoms with Crippen molar-refractivity contribution in [3.05, 3.63) is 28.7 Å². The quantitative estimate of drug-likeness (QED) is 0.678. The molecule has 0 radical (unpaired) electrons. The molecule has 3 nitrogen and oxygen atoms in total. The first-order chi connectivity index (χ1) is 11.1. The molecule has 0 heterocycles. The van der Waals surface area contributed by atoms with E-state index in [1.807, 2.05) is 18.2 Å². The average molecular weight is 434 g/mol. The molecule has 0 saturated heterocycles. The van der Waals surface area contributed by atoms with E-state index >= 15 is 0 Å². The van der Waals surface area contributed by atoms with Crippen LogP contribution in [0.3, 0.4) is 0 Å². The number of nitrogens with one attached hydrogen (secondary N) is 1. The molecule has 6 heteroatoms. The van der Waals surface area contributed by atoms with E-state index in [0.29, 0.717) is 30.3 Å². The van der Waals surface area contributed by atoms with Gasteiger partial charge in [-0.1, -0.05) is 18.6 Å². The first kappa shape index (κ1) is 20.1. The molecule has 0 aliphatic heterocycles. The highest BCUT2D eigenvalue weighted by Gasteiger charge is 2.39. The summed E-state index contributed by atoms with van der Waals surface area (Å²) in [6.45, 7) is 0. The highest BCUT2D eigenvalue weighted by Crippen LogP contribution is 2.39. The monoisotopic (exact) mass is 432 g/mol. The SMILES string of the molecule is Cl.NC1CC2CCCC(C1)C2NC(=O)CCSc1ccccc1Br. The molecule has 2 bridgehead atoms. The number of nitrogens with two attached hydrogens (primary N) is 1. The van der Waals surface area contributed by atoms with E-state index in [0.717, 1.165) is 23.1 Å². The zero-order valence-corrected chi connectivity index (χ0v) is 17.0. The molecule has 134 valence electrons.